The first-order valence-corrected chi connectivity index (χ1v) is 8.56. The van der Waals surface area contributed by atoms with E-state index in [2.05, 4.69) is 20.0 Å². The van der Waals surface area contributed by atoms with E-state index < -0.39 is 0 Å². The second-order valence-corrected chi connectivity index (χ2v) is 6.15. The monoisotopic (exact) mass is 384 g/mol. The molecule has 0 radical (unpaired) electrons. The molecule has 0 saturated heterocycles. The zero-order chi connectivity index (χ0) is 21.1. The minimum atomic E-state index is 0.402. The van der Waals surface area contributed by atoms with E-state index in [-0.39, 0.29) is 0 Å². The molecule has 0 aromatic carbocycles. The number of nitrogens with zero attached hydrogens (tertiary/aromatic N) is 8. The van der Waals surface area contributed by atoms with Gasteiger partial charge in [-0.05, 0) is 36.4 Å². The Morgan fingerprint density at radius 3 is 1.37 bits per heavy atom. The minimum absolute atomic E-state index is 0.402. The van der Waals surface area contributed by atoms with Gasteiger partial charge in [0.2, 0.25) is 12.4 Å². The highest BCUT2D eigenvalue weighted by atomic mass is 14.8. The second kappa shape index (κ2) is 7.44. The van der Waals surface area contributed by atoms with Gasteiger partial charge in [0.1, 0.15) is 12.1 Å². The molecule has 2 heterocycles. The zero-order valence-corrected chi connectivity index (χ0v) is 15.2. The average molecular weight is 384 g/mol. The van der Waals surface area contributed by atoms with E-state index in [9.17, 15) is 10.5 Å². The molecule has 0 bridgehead atoms. The van der Waals surface area contributed by atoms with Gasteiger partial charge in [0.25, 0.3) is 0 Å². The van der Waals surface area contributed by atoms with E-state index in [0.717, 1.165) is 0 Å². The third kappa shape index (κ3) is 2.94. The fourth-order valence-corrected chi connectivity index (χ4v) is 3.23. The summed E-state index contributed by atoms with van der Waals surface area (Å²) < 4.78 is 0. The summed E-state index contributed by atoms with van der Waals surface area (Å²) in [6.45, 7) is 0. The van der Waals surface area contributed by atoms with Crippen LogP contribution in [0.3, 0.4) is 0 Å². The molecule has 2 aliphatic rings. The summed E-state index contributed by atoms with van der Waals surface area (Å²) in [6, 6.07) is 14.2. The minimum Gasteiger partial charge on any atom is -0.255 e. The van der Waals surface area contributed by atoms with Gasteiger partial charge >= 0.3 is 0 Å². The summed E-state index contributed by atoms with van der Waals surface area (Å²) in [7, 11) is 0. The Morgan fingerprint density at radius 1 is 0.633 bits per heavy atom. The Morgan fingerprint density at radius 2 is 1.07 bits per heavy atom. The van der Waals surface area contributed by atoms with Crippen LogP contribution in [0.5, 0.6) is 0 Å². The van der Waals surface area contributed by atoms with Gasteiger partial charge in [0.05, 0.1) is 33.2 Å². The fraction of sp³-hybridized carbons (Fsp3) is 0. The summed E-state index contributed by atoms with van der Waals surface area (Å²) in [5.74, 6) is 0. The summed E-state index contributed by atoms with van der Waals surface area (Å²) in [5, 5.41) is 38.4. The van der Waals surface area contributed by atoms with E-state index in [4.69, 9.17) is 10.5 Å². The van der Waals surface area contributed by atoms with Gasteiger partial charge in [0.15, 0.2) is 0 Å². The van der Waals surface area contributed by atoms with Crippen molar-refractivity contribution in [1.29, 1.82) is 21.0 Å². The van der Waals surface area contributed by atoms with Gasteiger partial charge in [-0.25, -0.2) is 0 Å². The maximum Gasteiger partial charge on any atom is 0.206 e. The normalized spacial score (nSPS) is 11.6. The highest BCUT2D eigenvalue weighted by molar-refractivity contribution is 5.66. The van der Waals surface area contributed by atoms with Crippen molar-refractivity contribution in [3.8, 4) is 47.0 Å². The van der Waals surface area contributed by atoms with Crippen LogP contribution in [0.2, 0.25) is 0 Å². The Kier molecular flexibility index (Phi) is 4.52. The number of hydrogen-bond donors (Lipinski definition) is 0. The Balaban J connectivity index is 2.03. The molecular weight excluding hydrogens is 376 g/mol. The number of aromatic nitrogens is 2. The molecular formula is C22H8N8. The lowest BCUT2D eigenvalue weighted by molar-refractivity contribution is 1.26. The van der Waals surface area contributed by atoms with Crippen LogP contribution in [0.4, 0.5) is 0 Å². The molecule has 8 heteroatoms. The number of pyridine rings is 2. The first-order chi connectivity index (χ1) is 14.7. The molecule has 8 nitrogen and oxygen atoms in total. The lowest BCUT2D eigenvalue weighted by Gasteiger charge is -1.99. The fourth-order valence-electron chi connectivity index (χ4n) is 3.23. The van der Waals surface area contributed by atoms with Gasteiger partial charge in [-0.2, -0.15) is 31.0 Å². The SMILES string of the molecule is N#CN=c1c(-c2ccc(C#N)cn2)cc2c(=NC#N)c(-c3ccc(C#N)cn3)cc1=2. The van der Waals surface area contributed by atoms with Gasteiger partial charge in [-0.15, -0.1) is 0 Å². The van der Waals surface area contributed by atoms with Gasteiger partial charge in [-0.1, -0.05) is 0 Å². The number of nitriles is 4. The van der Waals surface area contributed by atoms with Gasteiger partial charge < -0.3 is 0 Å². The highest BCUT2D eigenvalue weighted by Gasteiger charge is 2.15. The maximum atomic E-state index is 9.21. The van der Waals surface area contributed by atoms with Crippen molar-refractivity contribution in [3.63, 3.8) is 0 Å². The molecule has 0 spiro atoms. The molecule has 2 aromatic rings. The number of rotatable bonds is 2. The standard InChI is InChI=1S/C22H8N8/c23-7-13-1-3-19(27-9-13)17-5-15-16(21(17)29-11-25)6-18(22(15)30-12-26)20-4-2-14(8-24)10-28-20/h1-6,9-10H. The van der Waals surface area contributed by atoms with Crippen LogP contribution in [0.25, 0.3) is 22.5 Å². The van der Waals surface area contributed by atoms with Crippen molar-refractivity contribution < 1.29 is 0 Å². The molecule has 0 aliphatic heterocycles. The Hall–Kier alpha value is -5.18. The van der Waals surface area contributed by atoms with Crippen LogP contribution in [0.1, 0.15) is 11.1 Å². The lowest BCUT2D eigenvalue weighted by Crippen LogP contribution is -2.04. The molecule has 0 unspecified atom stereocenters. The van der Waals surface area contributed by atoms with Crippen LogP contribution < -0.4 is 10.7 Å². The highest BCUT2D eigenvalue weighted by Crippen LogP contribution is 2.19. The molecule has 0 N–H and O–H groups in total. The average Bonchev–Trinajstić information content (AvgIpc) is 3.32. The molecule has 0 atom stereocenters. The van der Waals surface area contributed by atoms with E-state index in [1.807, 2.05) is 24.5 Å². The number of hydrogen-bond acceptors (Lipinski definition) is 8. The molecule has 0 fully saturated rings. The van der Waals surface area contributed by atoms with E-state index in [1.54, 1.807) is 36.4 Å². The quantitative estimate of drug-likeness (QED) is 0.482. The largest absolute Gasteiger partial charge is 0.255 e. The molecule has 4 rings (SSSR count). The molecule has 0 saturated carbocycles. The van der Waals surface area contributed by atoms with Crippen LogP contribution in [0.15, 0.2) is 58.8 Å². The smallest absolute Gasteiger partial charge is 0.206 e. The van der Waals surface area contributed by atoms with Crippen LogP contribution in [-0.4, -0.2) is 9.97 Å². The van der Waals surface area contributed by atoms with Crippen molar-refractivity contribution in [2.24, 2.45) is 9.98 Å². The molecule has 2 aliphatic carbocycles. The predicted molar refractivity (Wildman–Crippen MR) is 102 cm³/mol. The van der Waals surface area contributed by atoms with E-state index in [0.29, 0.717) is 54.8 Å². The van der Waals surface area contributed by atoms with Crippen molar-refractivity contribution >= 4 is 0 Å². The Labute approximate surface area is 169 Å². The Bertz CT molecular complexity index is 1480. The second-order valence-electron chi connectivity index (χ2n) is 6.15. The predicted octanol–water partition coefficient (Wildman–Crippen LogP) is 1.92. The summed E-state index contributed by atoms with van der Waals surface area (Å²) in [5.41, 5.74) is 3.11. The molecule has 2 aromatic heterocycles. The summed E-state index contributed by atoms with van der Waals surface area (Å²) >= 11 is 0. The van der Waals surface area contributed by atoms with Crippen molar-refractivity contribution in [2.75, 3.05) is 0 Å². The van der Waals surface area contributed by atoms with E-state index >= 15 is 0 Å². The zero-order valence-electron chi connectivity index (χ0n) is 15.2. The van der Waals surface area contributed by atoms with Crippen molar-refractivity contribution in [1.82, 2.24) is 9.97 Å². The molecule has 136 valence electrons. The van der Waals surface area contributed by atoms with Gasteiger partial charge in [-0.3, -0.25) is 9.97 Å². The van der Waals surface area contributed by atoms with E-state index in [1.165, 1.54) is 12.4 Å². The summed E-state index contributed by atoms with van der Waals surface area (Å²) in [6.07, 6.45) is 6.50. The van der Waals surface area contributed by atoms with Crippen LogP contribution in [0, 0.1) is 56.0 Å². The third-order valence-corrected chi connectivity index (χ3v) is 4.55. The summed E-state index contributed by atoms with van der Waals surface area (Å²) in [4.78, 5) is 16.5. The first-order valence-electron chi connectivity index (χ1n) is 8.56. The van der Waals surface area contributed by atoms with Crippen molar-refractivity contribution in [2.45, 2.75) is 0 Å². The van der Waals surface area contributed by atoms with Crippen LogP contribution >= 0.6 is 0 Å². The first kappa shape index (κ1) is 18.2. The van der Waals surface area contributed by atoms with Gasteiger partial charge in [0, 0.05) is 34.0 Å². The topological polar surface area (TPSA) is 146 Å². The van der Waals surface area contributed by atoms with Crippen LogP contribution in [-0.2, 0) is 0 Å². The molecule has 0 amide bonds. The van der Waals surface area contributed by atoms with Crippen molar-refractivity contribution in [3.05, 3.63) is 81.1 Å². The third-order valence-electron chi connectivity index (χ3n) is 4.55. The molecule has 30 heavy (non-hydrogen) atoms. The lowest BCUT2D eigenvalue weighted by atomic mass is 10.1. The maximum absolute atomic E-state index is 9.21.